The first-order valence-electron chi connectivity index (χ1n) is 6.40. The average Bonchev–Trinajstić information content (AvgIpc) is 2.46. The molecule has 0 aliphatic rings. The SMILES string of the molecule is CC(C)(CCCCOc1c(F)c(F)c(F)c(F)c1F)O[SiH3]. The van der Waals surface area contributed by atoms with Crippen LogP contribution in [0.15, 0.2) is 0 Å². The Balaban J connectivity index is 2.61. The van der Waals surface area contributed by atoms with Crippen molar-refractivity contribution in [2.75, 3.05) is 6.61 Å². The van der Waals surface area contributed by atoms with Crippen molar-refractivity contribution in [3.8, 4) is 5.75 Å². The first kappa shape index (κ1) is 17.9. The van der Waals surface area contributed by atoms with E-state index < -0.39 is 34.8 Å². The standard InChI is InChI=1S/C13H17F5O2Si/c1-13(2,20-21)5-3-4-6-19-12-10(17)8(15)7(14)9(16)11(12)18/h3-6H2,1-2,21H3. The van der Waals surface area contributed by atoms with Crippen molar-refractivity contribution in [3.63, 3.8) is 0 Å². The van der Waals surface area contributed by atoms with Crippen molar-refractivity contribution in [2.45, 2.75) is 38.7 Å². The molecule has 21 heavy (non-hydrogen) atoms. The Morgan fingerprint density at radius 2 is 1.33 bits per heavy atom. The fraction of sp³-hybridized carbons (Fsp3) is 0.538. The molecule has 8 heteroatoms. The quantitative estimate of drug-likeness (QED) is 0.252. The zero-order valence-electron chi connectivity index (χ0n) is 12.0. The minimum Gasteiger partial charge on any atom is -0.487 e. The monoisotopic (exact) mass is 328 g/mol. The lowest BCUT2D eigenvalue weighted by atomic mass is 10.0. The van der Waals surface area contributed by atoms with Gasteiger partial charge in [0, 0.05) is 5.60 Å². The summed E-state index contributed by atoms with van der Waals surface area (Å²) in [6, 6.07) is 0. The molecule has 0 aromatic heterocycles. The highest BCUT2D eigenvalue weighted by Gasteiger charge is 2.26. The second kappa shape index (κ2) is 7.21. The van der Waals surface area contributed by atoms with E-state index in [2.05, 4.69) is 0 Å². The highest BCUT2D eigenvalue weighted by atomic mass is 28.2. The molecule has 0 aliphatic heterocycles. The van der Waals surface area contributed by atoms with Gasteiger partial charge in [0.05, 0.1) is 6.61 Å². The number of halogens is 5. The third-order valence-electron chi connectivity index (χ3n) is 3.14. The van der Waals surface area contributed by atoms with Gasteiger partial charge in [0.15, 0.2) is 5.75 Å². The molecule has 0 bridgehead atoms. The highest BCUT2D eigenvalue weighted by Crippen LogP contribution is 2.29. The lowest BCUT2D eigenvalue weighted by molar-refractivity contribution is 0.107. The lowest BCUT2D eigenvalue weighted by Gasteiger charge is -2.23. The molecule has 2 nitrogen and oxygen atoms in total. The van der Waals surface area contributed by atoms with E-state index in [1.165, 1.54) is 0 Å². The van der Waals surface area contributed by atoms with Crippen LogP contribution in [0.1, 0.15) is 33.1 Å². The van der Waals surface area contributed by atoms with Crippen LogP contribution in [0.3, 0.4) is 0 Å². The average molecular weight is 328 g/mol. The largest absolute Gasteiger partial charge is 0.487 e. The molecule has 0 amide bonds. The van der Waals surface area contributed by atoms with Crippen LogP contribution in [0.5, 0.6) is 5.75 Å². The summed E-state index contributed by atoms with van der Waals surface area (Å²) in [5, 5.41) is 0. The summed E-state index contributed by atoms with van der Waals surface area (Å²) in [4.78, 5) is 0. The normalized spacial score (nSPS) is 12.0. The molecule has 1 aromatic rings. The molecule has 0 N–H and O–H groups in total. The van der Waals surface area contributed by atoms with Crippen molar-refractivity contribution < 1.29 is 31.1 Å². The van der Waals surface area contributed by atoms with E-state index in [0.717, 1.165) is 0 Å². The highest BCUT2D eigenvalue weighted by molar-refractivity contribution is 5.98. The van der Waals surface area contributed by atoms with Gasteiger partial charge in [-0.2, -0.15) is 8.78 Å². The van der Waals surface area contributed by atoms with Gasteiger partial charge in [0.2, 0.25) is 29.1 Å². The van der Waals surface area contributed by atoms with Crippen molar-refractivity contribution in [1.82, 2.24) is 0 Å². The maximum Gasteiger partial charge on any atom is 0.206 e. The smallest absolute Gasteiger partial charge is 0.206 e. The first-order valence-corrected chi connectivity index (χ1v) is 7.22. The molecule has 120 valence electrons. The van der Waals surface area contributed by atoms with E-state index in [1.807, 2.05) is 13.8 Å². The Morgan fingerprint density at radius 1 is 0.857 bits per heavy atom. The van der Waals surface area contributed by atoms with E-state index in [0.29, 0.717) is 29.7 Å². The molecule has 0 atom stereocenters. The van der Waals surface area contributed by atoms with E-state index in [-0.39, 0.29) is 12.2 Å². The Bertz CT molecular complexity index is 479. The summed E-state index contributed by atoms with van der Waals surface area (Å²) in [5.41, 5.74) is -0.281. The zero-order valence-corrected chi connectivity index (χ0v) is 14.0. The third-order valence-corrected chi connectivity index (χ3v) is 4.25. The molecule has 0 spiro atoms. The van der Waals surface area contributed by atoms with Crippen LogP contribution in [0, 0.1) is 29.1 Å². The summed E-state index contributed by atoms with van der Waals surface area (Å²) >= 11 is 0. The molecule has 0 radical (unpaired) electrons. The minimum atomic E-state index is -2.19. The van der Waals surface area contributed by atoms with Gasteiger partial charge in [-0.1, -0.05) is 0 Å². The van der Waals surface area contributed by atoms with Crippen molar-refractivity contribution in [1.29, 1.82) is 0 Å². The number of ether oxygens (including phenoxy) is 1. The van der Waals surface area contributed by atoms with E-state index in [4.69, 9.17) is 9.16 Å². The fourth-order valence-corrected chi connectivity index (χ4v) is 1.84. The molecule has 0 unspecified atom stereocenters. The van der Waals surface area contributed by atoms with Crippen LogP contribution in [-0.4, -0.2) is 22.7 Å². The summed E-state index contributed by atoms with van der Waals surface area (Å²) in [6.45, 7) is 3.67. The van der Waals surface area contributed by atoms with E-state index in [1.54, 1.807) is 0 Å². The van der Waals surface area contributed by atoms with Crippen LogP contribution < -0.4 is 4.74 Å². The van der Waals surface area contributed by atoms with Gasteiger partial charge >= 0.3 is 0 Å². The van der Waals surface area contributed by atoms with Crippen LogP contribution in [0.2, 0.25) is 0 Å². The van der Waals surface area contributed by atoms with Gasteiger partial charge in [0.25, 0.3) is 0 Å². The third kappa shape index (κ3) is 4.41. The van der Waals surface area contributed by atoms with Crippen molar-refractivity contribution in [2.24, 2.45) is 0 Å². The van der Waals surface area contributed by atoms with Crippen molar-refractivity contribution in [3.05, 3.63) is 29.1 Å². The number of rotatable bonds is 7. The molecule has 0 saturated carbocycles. The van der Waals surface area contributed by atoms with Gasteiger partial charge in [-0.25, -0.2) is 13.2 Å². The minimum absolute atomic E-state index is 0.143. The van der Waals surface area contributed by atoms with E-state index in [9.17, 15) is 22.0 Å². The van der Waals surface area contributed by atoms with Crippen LogP contribution in [-0.2, 0) is 4.43 Å². The molecular formula is C13H17F5O2Si. The molecule has 0 aliphatic carbocycles. The van der Waals surface area contributed by atoms with Gasteiger partial charge in [0.1, 0.15) is 10.5 Å². The summed E-state index contributed by atoms with van der Waals surface area (Å²) in [7, 11) is 0.592. The number of benzene rings is 1. The summed E-state index contributed by atoms with van der Waals surface area (Å²) < 4.78 is 75.3. The van der Waals surface area contributed by atoms with Crippen LogP contribution in [0.4, 0.5) is 22.0 Å². The molecule has 0 fully saturated rings. The Labute approximate surface area is 122 Å². The second-order valence-electron chi connectivity index (χ2n) is 5.17. The first-order chi connectivity index (χ1) is 9.71. The van der Waals surface area contributed by atoms with Crippen molar-refractivity contribution >= 4 is 10.5 Å². The lowest BCUT2D eigenvalue weighted by Crippen LogP contribution is -2.23. The van der Waals surface area contributed by atoms with Gasteiger partial charge < -0.3 is 9.16 Å². The van der Waals surface area contributed by atoms with Crippen LogP contribution in [0.25, 0.3) is 0 Å². The molecule has 0 saturated heterocycles. The van der Waals surface area contributed by atoms with Crippen LogP contribution >= 0.6 is 0 Å². The van der Waals surface area contributed by atoms with Gasteiger partial charge in [-0.15, -0.1) is 0 Å². The predicted molar refractivity (Wildman–Crippen MR) is 70.7 cm³/mol. The number of hydrogen-bond donors (Lipinski definition) is 0. The van der Waals surface area contributed by atoms with E-state index >= 15 is 0 Å². The molecule has 1 rings (SSSR count). The maximum atomic E-state index is 13.3. The predicted octanol–water partition coefficient (Wildman–Crippen LogP) is 3.01. The maximum absolute atomic E-state index is 13.3. The fourth-order valence-electron chi connectivity index (χ4n) is 1.64. The summed E-state index contributed by atoms with van der Waals surface area (Å²) in [6.07, 6.45) is 1.76. The zero-order chi connectivity index (χ0) is 16.2. The Kier molecular flexibility index (Phi) is 6.15. The molecule has 1 aromatic carbocycles. The Morgan fingerprint density at radius 3 is 1.81 bits per heavy atom. The van der Waals surface area contributed by atoms with Gasteiger partial charge in [-0.3, -0.25) is 0 Å². The Hall–Kier alpha value is -1.15. The number of hydrogen-bond acceptors (Lipinski definition) is 2. The second-order valence-corrected chi connectivity index (χ2v) is 5.58. The molecular weight excluding hydrogens is 311 g/mol. The van der Waals surface area contributed by atoms with Gasteiger partial charge in [-0.05, 0) is 33.1 Å². The molecule has 0 heterocycles. The number of unbranched alkanes of at least 4 members (excludes halogenated alkanes) is 1. The summed E-state index contributed by atoms with van der Waals surface area (Å²) in [5.74, 6) is -11.3. The topological polar surface area (TPSA) is 18.5 Å².